The molecule has 2 amide bonds. The Hall–Kier alpha value is -3.03. The summed E-state index contributed by atoms with van der Waals surface area (Å²) in [4.78, 5) is 37.7. The fourth-order valence-electron chi connectivity index (χ4n) is 2.91. The number of nitrogens with one attached hydrogen (secondary N) is 1. The third-order valence-corrected chi connectivity index (χ3v) is 4.40. The van der Waals surface area contributed by atoms with Crippen molar-refractivity contribution in [1.82, 2.24) is 5.32 Å². The van der Waals surface area contributed by atoms with Gasteiger partial charge >= 0.3 is 5.97 Å². The Balaban J connectivity index is 2.12. The lowest BCUT2D eigenvalue weighted by Gasteiger charge is -2.20. The van der Waals surface area contributed by atoms with Crippen molar-refractivity contribution in [3.05, 3.63) is 30.4 Å². The van der Waals surface area contributed by atoms with Gasteiger partial charge < -0.3 is 24.8 Å². The molecule has 0 spiro atoms. The van der Waals surface area contributed by atoms with Crippen LogP contribution < -0.4 is 19.7 Å². The van der Waals surface area contributed by atoms with Crippen molar-refractivity contribution in [3.8, 4) is 11.5 Å². The highest BCUT2D eigenvalue weighted by atomic mass is 16.5. The maximum absolute atomic E-state index is 12.5. The number of carboxylic acid groups (broad SMARTS) is 1. The summed E-state index contributed by atoms with van der Waals surface area (Å²) in [7, 11) is 3.02. The van der Waals surface area contributed by atoms with Crippen molar-refractivity contribution in [2.45, 2.75) is 25.8 Å². The number of hydrogen-bond donors (Lipinski definition) is 2. The fraction of sp³-hybridized carbons (Fsp3) is 0.421. The highest BCUT2D eigenvalue weighted by molar-refractivity contribution is 6.01. The number of aliphatic carboxylic acids is 1. The van der Waals surface area contributed by atoms with E-state index in [0.717, 1.165) is 0 Å². The van der Waals surface area contributed by atoms with E-state index in [0.29, 0.717) is 17.2 Å². The Labute approximate surface area is 157 Å². The molecule has 1 aliphatic rings. The molecule has 2 N–H and O–H groups in total. The van der Waals surface area contributed by atoms with Gasteiger partial charge in [-0.05, 0) is 25.5 Å². The van der Waals surface area contributed by atoms with Crippen molar-refractivity contribution in [3.63, 3.8) is 0 Å². The van der Waals surface area contributed by atoms with Crippen molar-refractivity contribution in [2.75, 3.05) is 25.7 Å². The molecular formula is C19H24N2O6. The van der Waals surface area contributed by atoms with Gasteiger partial charge in [0.1, 0.15) is 17.5 Å². The molecule has 146 valence electrons. The van der Waals surface area contributed by atoms with Crippen LogP contribution in [0.1, 0.15) is 19.8 Å². The Morgan fingerprint density at radius 2 is 2.11 bits per heavy atom. The van der Waals surface area contributed by atoms with E-state index in [1.807, 2.05) is 0 Å². The quantitative estimate of drug-likeness (QED) is 0.668. The highest BCUT2D eigenvalue weighted by Crippen LogP contribution is 2.35. The second kappa shape index (κ2) is 9.07. The number of ether oxygens (including phenoxy) is 2. The van der Waals surface area contributed by atoms with Crippen LogP contribution in [0.3, 0.4) is 0 Å². The molecule has 0 aromatic heterocycles. The van der Waals surface area contributed by atoms with Crippen LogP contribution in [-0.2, 0) is 14.4 Å². The number of nitrogens with zero attached hydrogens (tertiary/aromatic N) is 1. The summed E-state index contributed by atoms with van der Waals surface area (Å²) in [5, 5.41) is 11.7. The third kappa shape index (κ3) is 4.78. The number of benzene rings is 1. The zero-order chi connectivity index (χ0) is 20.0. The summed E-state index contributed by atoms with van der Waals surface area (Å²) >= 11 is 0. The average Bonchev–Trinajstić information content (AvgIpc) is 3.05. The van der Waals surface area contributed by atoms with E-state index < -0.39 is 23.8 Å². The Kier molecular flexibility index (Phi) is 6.81. The predicted octanol–water partition coefficient (Wildman–Crippen LogP) is 1.59. The van der Waals surface area contributed by atoms with E-state index in [-0.39, 0.29) is 25.3 Å². The van der Waals surface area contributed by atoms with Crippen LogP contribution in [-0.4, -0.2) is 49.7 Å². The minimum Gasteiger partial charge on any atom is -0.497 e. The highest BCUT2D eigenvalue weighted by Gasteiger charge is 2.37. The molecule has 8 heteroatoms. The number of amides is 2. The molecule has 8 nitrogen and oxygen atoms in total. The van der Waals surface area contributed by atoms with E-state index in [4.69, 9.17) is 9.47 Å². The minimum atomic E-state index is -1.11. The van der Waals surface area contributed by atoms with Crippen molar-refractivity contribution >= 4 is 23.5 Å². The van der Waals surface area contributed by atoms with Crippen LogP contribution in [0.4, 0.5) is 5.69 Å². The largest absolute Gasteiger partial charge is 0.497 e. The number of rotatable bonds is 8. The second-order valence-corrected chi connectivity index (χ2v) is 6.15. The smallest absolute Gasteiger partial charge is 0.326 e. The molecule has 1 saturated heterocycles. The monoisotopic (exact) mass is 376 g/mol. The molecule has 1 aliphatic heterocycles. The molecule has 0 saturated carbocycles. The average molecular weight is 376 g/mol. The van der Waals surface area contributed by atoms with E-state index in [1.165, 1.54) is 19.1 Å². The van der Waals surface area contributed by atoms with Crippen molar-refractivity contribution in [1.29, 1.82) is 0 Å². The minimum absolute atomic E-state index is 0.0109. The van der Waals surface area contributed by atoms with Gasteiger partial charge in [-0.2, -0.15) is 0 Å². The van der Waals surface area contributed by atoms with Crippen LogP contribution in [0.25, 0.3) is 0 Å². The first-order valence-corrected chi connectivity index (χ1v) is 8.58. The fourth-order valence-corrected chi connectivity index (χ4v) is 2.91. The van der Waals surface area contributed by atoms with E-state index >= 15 is 0 Å². The number of methoxy groups -OCH3 is 2. The SMILES string of the molecule is C/C=C/CC(NC(=O)C1CC(=O)N(c2ccc(OC)cc2OC)C1)C(=O)O. The summed E-state index contributed by atoms with van der Waals surface area (Å²) in [5.41, 5.74) is 0.544. The zero-order valence-corrected chi connectivity index (χ0v) is 15.6. The summed E-state index contributed by atoms with van der Waals surface area (Å²) in [6, 6.07) is 4.04. The van der Waals surface area contributed by atoms with Gasteiger partial charge in [-0.25, -0.2) is 4.79 Å². The number of carbonyl (C=O) groups is 3. The van der Waals surface area contributed by atoms with Gasteiger partial charge in [0.2, 0.25) is 11.8 Å². The summed E-state index contributed by atoms with van der Waals surface area (Å²) in [6.45, 7) is 1.93. The molecule has 1 aromatic carbocycles. The van der Waals surface area contributed by atoms with Crippen LogP contribution in [0.2, 0.25) is 0 Å². The predicted molar refractivity (Wildman–Crippen MR) is 99.0 cm³/mol. The number of carbonyl (C=O) groups excluding carboxylic acids is 2. The molecule has 2 unspecified atom stereocenters. The maximum Gasteiger partial charge on any atom is 0.326 e. The Bertz CT molecular complexity index is 746. The van der Waals surface area contributed by atoms with Crippen LogP contribution in [0.5, 0.6) is 11.5 Å². The van der Waals surface area contributed by atoms with E-state index in [9.17, 15) is 19.5 Å². The number of allylic oxidation sites excluding steroid dienone is 1. The zero-order valence-electron chi connectivity index (χ0n) is 15.6. The summed E-state index contributed by atoms with van der Waals surface area (Å²) in [6.07, 6.45) is 3.59. The van der Waals surface area contributed by atoms with Gasteiger partial charge in [0.05, 0.1) is 25.8 Å². The number of hydrogen-bond acceptors (Lipinski definition) is 5. The van der Waals surface area contributed by atoms with Crippen molar-refractivity contribution in [2.24, 2.45) is 5.92 Å². The Morgan fingerprint density at radius 3 is 2.70 bits per heavy atom. The van der Waals surface area contributed by atoms with Gasteiger partial charge in [0.15, 0.2) is 0 Å². The van der Waals surface area contributed by atoms with Gasteiger partial charge in [0.25, 0.3) is 0 Å². The van der Waals surface area contributed by atoms with Crippen LogP contribution in [0, 0.1) is 5.92 Å². The number of carboxylic acids is 1. The topological polar surface area (TPSA) is 105 Å². The first-order chi connectivity index (χ1) is 12.9. The molecule has 1 aromatic rings. The van der Waals surface area contributed by atoms with Gasteiger partial charge in [-0.15, -0.1) is 0 Å². The number of anilines is 1. The molecule has 2 atom stereocenters. The molecule has 1 heterocycles. The molecule has 27 heavy (non-hydrogen) atoms. The molecular weight excluding hydrogens is 352 g/mol. The third-order valence-electron chi connectivity index (χ3n) is 4.40. The van der Waals surface area contributed by atoms with E-state index in [2.05, 4.69) is 5.32 Å². The molecule has 0 bridgehead atoms. The molecule has 0 radical (unpaired) electrons. The first-order valence-electron chi connectivity index (χ1n) is 8.58. The van der Waals surface area contributed by atoms with Gasteiger partial charge in [-0.1, -0.05) is 12.2 Å². The maximum atomic E-state index is 12.5. The van der Waals surface area contributed by atoms with Gasteiger partial charge in [-0.3, -0.25) is 9.59 Å². The summed E-state index contributed by atoms with van der Waals surface area (Å²) in [5.74, 6) is -1.37. The van der Waals surface area contributed by atoms with E-state index in [1.54, 1.807) is 37.3 Å². The molecule has 1 fully saturated rings. The van der Waals surface area contributed by atoms with Gasteiger partial charge in [0, 0.05) is 19.0 Å². The lowest BCUT2D eigenvalue weighted by molar-refractivity contribution is -0.142. The van der Waals surface area contributed by atoms with Crippen LogP contribution in [0.15, 0.2) is 30.4 Å². The standard InChI is InChI=1S/C19H24N2O6/c1-4-5-6-14(19(24)25)20-18(23)12-9-17(22)21(11-12)15-8-7-13(26-2)10-16(15)27-3/h4-5,7-8,10,12,14H,6,9,11H2,1-3H3,(H,20,23)(H,24,25)/b5-4+. The second-order valence-electron chi connectivity index (χ2n) is 6.15. The molecule has 0 aliphatic carbocycles. The normalized spacial score (nSPS) is 17.8. The first kappa shape index (κ1) is 20.3. The molecule has 2 rings (SSSR count). The summed E-state index contributed by atoms with van der Waals surface area (Å²) < 4.78 is 10.5. The van der Waals surface area contributed by atoms with Crippen LogP contribution >= 0.6 is 0 Å². The van der Waals surface area contributed by atoms with Crippen molar-refractivity contribution < 1.29 is 29.0 Å². The lowest BCUT2D eigenvalue weighted by Crippen LogP contribution is -2.44. The Morgan fingerprint density at radius 1 is 1.37 bits per heavy atom. The lowest BCUT2D eigenvalue weighted by atomic mass is 10.1.